The predicted molar refractivity (Wildman–Crippen MR) is 70.8 cm³/mol. The quantitative estimate of drug-likeness (QED) is 0.663. The molecule has 0 unspecified atom stereocenters. The molecule has 1 aromatic heterocycles. The van der Waals surface area contributed by atoms with Crippen LogP contribution in [0.25, 0.3) is 11.3 Å². The molecule has 1 heterocycles. The van der Waals surface area contributed by atoms with Crippen LogP contribution < -0.4 is 5.32 Å². The lowest BCUT2D eigenvalue weighted by Gasteiger charge is -2.03. The smallest absolute Gasteiger partial charge is 0.270 e. The molecule has 0 radical (unpaired) electrons. The molecular formula is C11H12N4O2S. The highest BCUT2D eigenvalue weighted by Crippen LogP contribution is 2.28. The Morgan fingerprint density at radius 1 is 1.44 bits per heavy atom. The minimum atomic E-state index is -0.414. The van der Waals surface area contributed by atoms with E-state index in [4.69, 9.17) is 0 Å². The van der Waals surface area contributed by atoms with Crippen molar-refractivity contribution in [3.63, 3.8) is 0 Å². The highest BCUT2D eigenvalue weighted by atomic mass is 32.1. The van der Waals surface area contributed by atoms with E-state index >= 15 is 0 Å². The summed E-state index contributed by atoms with van der Waals surface area (Å²) in [5, 5.41) is 13.9. The van der Waals surface area contributed by atoms with Crippen molar-refractivity contribution in [1.29, 1.82) is 0 Å². The number of nitro groups is 1. The molecule has 0 saturated heterocycles. The first-order chi connectivity index (χ1) is 8.72. The van der Waals surface area contributed by atoms with E-state index in [-0.39, 0.29) is 5.69 Å². The number of non-ortho nitro benzene ring substituents is 1. The average molecular weight is 264 g/mol. The Kier molecular flexibility index (Phi) is 3.83. The fourth-order valence-corrected chi connectivity index (χ4v) is 2.05. The van der Waals surface area contributed by atoms with Crippen molar-refractivity contribution in [2.45, 2.75) is 13.3 Å². The van der Waals surface area contributed by atoms with E-state index in [1.54, 1.807) is 12.1 Å². The maximum Gasteiger partial charge on any atom is 0.270 e. The summed E-state index contributed by atoms with van der Waals surface area (Å²) in [6.45, 7) is 2.85. The molecule has 1 aromatic carbocycles. The van der Waals surface area contributed by atoms with Crippen LogP contribution in [-0.2, 0) is 0 Å². The molecule has 0 aliphatic heterocycles. The maximum atomic E-state index is 10.7. The van der Waals surface area contributed by atoms with Crippen molar-refractivity contribution in [2.75, 3.05) is 11.9 Å². The molecule has 0 atom stereocenters. The number of hydrogen-bond acceptors (Lipinski definition) is 6. The van der Waals surface area contributed by atoms with Gasteiger partial charge in [-0.15, -0.1) is 0 Å². The number of anilines is 1. The summed E-state index contributed by atoms with van der Waals surface area (Å²) in [6.07, 6.45) is 0.978. The third-order valence-corrected chi connectivity index (χ3v) is 2.89. The van der Waals surface area contributed by atoms with Gasteiger partial charge >= 0.3 is 0 Å². The van der Waals surface area contributed by atoms with Gasteiger partial charge in [0.05, 0.1) is 16.7 Å². The SMILES string of the molecule is CCCNc1nsnc1-c1cccc([N+](=O)[O-])c1. The number of aromatic nitrogens is 2. The first-order valence-corrected chi connectivity index (χ1v) is 6.26. The van der Waals surface area contributed by atoms with Crippen LogP contribution in [0.1, 0.15) is 13.3 Å². The van der Waals surface area contributed by atoms with E-state index in [0.717, 1.165) is 24.7 Å². The highest BCUT2D eigenvalue weighted by Gasteiger charge is 2.13. The summed E-state index contributed by atoms with van der Waals surface area (Å²) in [4.78, 5) is 10.3. The minimum Gasteiger partial charge on any atom is -0.367 e. The van der Waals surface area contributed by atoms with Gasteiger partial charge in [-0.2, -0.15) is 8.75 Å². The molecule has 0 saturated carbocycles. The van der Waals surface area contributed by atoms with Crippen molar-refractivity contribution in [2.24, 2.45) is 0 Å². The van der Waals surface area contributed by atoms with Gasteiger partial charge in [0.25, 0.3) is 5.69 Å². The molecular weight excluding hydrogens is 252 g/mol. The number of nitro benzene ring substituents is 1. The summed E-state index contributed by atoms with van der Waals surface area (Å²) in [7, 11) is 0. The Hall–Kier alpha value is -2.02. The Labute approximate surface area is 108 Å². The van der Waals surface area contributed by atoms with Crippen LogP contribution >= 0.6 is 11.7 Å². The first-order valence-electron chi connectivity index (χ1n) is 5.53. The molecule has 0 bridgehead atoms. The molecule has 0 aliphatic carbocycles. The fraction of sp³-hybridized carbons (Fsp3) is 0.273. The molecule has 0 fully saturated rings. The second-order valence-electron chi connectivity index (χ2n) is 3.70. The van der Waals surface area contributed by atoms with Crippen molar-refractivity contribution >= 4 is 23.2 Å². The zero-order valence-electron chi connectivity index (χ0n) is 9.79. The number of benzene rings is 1. The van der Waals surface area contributed by atoms with E-state index < -0.39 is 4.92 Å². The van der Waals surface area contributed by atoms with Crippen LogP contribution in [0.15, 0.2) is 24.3 Å². The molecule has 2 aromatic rings. The van der Waals surface area contributed by atoms with Crippen LogP contribution in [0.4, 0.5) is 11.5 Å². The highest BCUT2D eigenvalue weighted by molar-refractivity contribution is 6.99. The summed E-state index contributed by atoms with van der Waals surface area (Å²) in [5.74, 6) is 0.683. The second kappa shape index (κ2) is 5.54. The van der Waals surface area contributed by atoms with E-state index in [1.165, 1.54) is 12.1 Å². The molecule has 2 rings (SSSR count). The normalized spacial score (nSPS) is 10.3. The topological polar surface area (TPSA) is 81.0 Å². The number of nitrogens with zero attached hydrogens (tertiary/aromatic N) is 3. The number of nitrogens with one attached hydrogen (secondary N) is 1. The second-order valence-corrected chi connectivity index (χ2v) is 4.22. The van der Waals surface area contributed by atoms with Crippen molar-refractivity contribution in [1.82, 2.24) is 8.75 Å². The Balaban J connectivity index is 2.33. The average Bonchev–Trinajstić information content (AvgIpc) is 2.84. The summed E-state index contributed by atoms with van der Waals surface area (Å²) < 4.78 is 8.34. The van der Waals surface area contributed by atoms with E-state index in [1.807, 2.05) is 0 Å². The predicted octanol–water partition coefficient (Wildman–Crippen LogP) is 2.94. The Morgan fingerprint density at radius 3 is 3.00 bits per heavy atom. The standard InChI is InChI=1S/C11H12N4O2S/c1-2-6-12-11-10(13-18-14-11)8-4-3-5-9(7-8)15(16)17/h3-5,7H,2,6H2,1H3,(H,12,14). The van der Waals surface area contributed by atoms with E-state index in [9.17, 15) is 10.1 Å². The third kappa shape index (κ3) is 2.62. The van der Waals surface area contributed by atoms with Gasteiger partial charge in [-0.1, -0.05) is 19.1 Å². The van der Waals surface area contributed by atoms with Crippen molar-refractivity contribution in [3.8, 4) is 11.3 Å². The molecule has 0 spiro atoms. The Morgan fingerprint density at radius 2 is 2.28 bits per heavy atom. The molecule has 18 heavy (non-hydrogen) atoms. The molecule has 0 amide bonds. The molecule has 94 valence electrons. The van der Waals surface area contributed by atoms with Crippen LogP contribution in [0.5, 0.6) is 0 Å². The minimum absolute atomic E-state index is 0.0574. The third-order valence-electron chi connectivity index (χ3n) is 2.36. The zero-order valence-corrected chi connectivity index (χ0v) is 10.6. The van der Waals surface area contributed by atoms with E-state index in [2.05, 4.69) is 21.0 Å². The molecule has 0 aliphatic rings. The van der Waals surface area contributed by atoms with Gasteiger partial charge in [0.2, 0.25) is 0 Å². The lowest BCUT2D eigenvalue weighted by Crippen LogP contribution is -2.01. The first kappa shape index (κ1) is 12.4. The zero-order chi connectivity index (χ0) is 13.0. The van der Waals surface area contributed by atoms with Crippen LogP contribution in [0.2, 0.25) is 0 Å². The van der Waals surface area contributed by atoms with Crippen LogP contribution in [0.3, 0.4) is 0 Å². The van der Waals surface area contributed by atoms with Crippen molar-refractivity contribution in [3.05, 3.63) is 34.4 Å². The molecule has 7 heteroatoms. The van der Waals surface area contributed by atoms with Gasteiger partial charge in [0.15, 0.2) is 5.82 Å². The van der Waals surface area contributed by atoms with Gasteiger partial charge in [-0.3, -0.25) is 10.1 Å². The summed E-state index contributed by atoms with van der Waals surface area (Å²) in [6, 6.07) is 6.41. The van der Waals surface area contributed by atoms with Crippen LogP contribution in [-0.4, -0.2) is 20.2 Å². The van der Waals surface area contributed by atoms with E-state index in [0.29, 0.717) is 17.1 Å². The Bertz CT molecular complexity index is 555. The molecule has 1 N–H and O–H groups in total. The van der Waals surface area contributed by atoms with Crippen LogP contribution in [0, 0.1) is 10.1 Å². The lowest BCUT2D eigenvalue weighted by atomic mass is 10.1. The van der Waals surface area contributed by atoms with Crippen molar-refractivity contribution < 1.29 is 4.92 Å². The van der Waals surface area contributed by atoms with Gasteiger partial charge in [-0.05, 0) is 6.42 Å². The number of rotatable bonds is 5. The van der Waals surface area contributed by atoms with Gasteiger partial charge in [0.1, 0.15) is 5.69 Å². The summed E-state index contributed by atoms with van der Waals surface area (Å²) >= 11 is 1.09. The maximum absolute atomic E-state index is 10.7. The largest absolute Gasteiger partial charge is 0.367 e. The summed E-state index contributed by atoms with van der Waals surface area (Å²) in [5.41, 5.74) is 1.43. The fourth-order valence-electron chi connectivity index (χ4n) is 1.50. The lowest BCUT2D eigenvalue weighted by molar-refractivity contribution is -0.384. The molecule has 6 nitrogen and oxygen atoms in total. The van der Waals surface area contributed by atoms with Gasteiger partial charge in [-0.25, -0.2) is 0 Å². The van der Waals surface area contributed by atoms with Gasteiger partial charge < -0.3 is 5.32 Å². The van der Waals surface area contributed by atoms with Gasteiger partial charge in [0, 0.05) is 24.2 Å². The number of hydrogen-bond donors (Lipinski definition) is 1. The monoisotopic (exact) mass is 264 g/mol.